The van der Waals surface area contributed by atoms with E-state index in [2.05, 4.69) is 25.6 Å². The number of pyridine rings is 1. The van der Waals surface area contributed by atoms with Gasteiger partial charge in [0.1, 0.15) is 24.3 Å². The number of cyclic esters (lactones) is 1. The first-order valence-electron chi connectivity index (χ1n) is 9.21. The summed E-state index contributed by atoms with van der Waals surface area (Å²) in [6, 6.07) is 2.98. The van der Waals surface area contributed by atoms with Crippen LogP contribution in [0.1, 0.15) is 38.2 Å². The summed E-state index contributed by atoms with van der Waals surface area (Å²) in [6.07, 6.45) is 1.85. The molecule has 3 heterocycles. The van der Waals surface area contributed by atoms with Crippen LogP contribution in [0.15, 0.2) is 18.3 Å². The van der Waals surface area contributed by atoms with Gasteiger partial charge < -0.3 is 20.1 Å². The van der Waals surface area contributed by atoms with Gasteiger partial charge in [-0.05, 0) is 13.3 Å². The molecule has 1 aliphatic heterocycles. The number of aromatic nitrogens is 3. The van der Waals surface area contributed by atoms with Crippen LogP contribution in [0.5, 0.6) is 5.75 Å². The van der Waals surface area contributed by atoms with Gasteiger partial charge in [0.25, 0.3) is 0 Å². The van der Waals surface area contributed by atoms with Crippen molar-refractivity contribution in [1.82, 2.24) is 15.0 Å². The Bertz CT molecular complexity index is 964. The highest BCUT2D eigenvalue weighted by molar-refractivity contribution is 5.88. The fourth-order valence-corrected chi connectivity index (χ4v) is 2.75. The van der Waals surface area contributed by atoms with E-state index in [0.717, 1.165) is 0 Å². The molecule has 9 nitrogen and oxygen atoms in total. The Balaban J connectivity index is 1.87. The van der Waals surface area contributed by atoms with Crippen LogP contribution in [-0.2, 0) is 20.2 Å². The molecular formula is C19H21F2N5O4. The van der Waals surface area contributed by atoms with E-state index in [0.29, 0.717) is 31.1 Å². The number of nitrogens with one attached hydrogen (secondary N) is 2. The molecule has 1 fully saturated rings. The van der Waals surface area contributed by atoms with Crippen molar-refractivity contribution in [2.24, 2.45) is 0 Å². The topological polar surface area (TPSA) is 115 Å². The minimum Gasteiger partial charge on any atom is -0.486 e. The Labute approximate surface area is 171 Å². The number of ether oxygens (including phenoxy) is 2. The third kappa shape index (κ3) is 5.58. The maximum absolute atomic E-state index is 13.7. The van der Waals surface area contributed by atoms with Gasteiger partial charge in [-0.2, -0.15) is 8.78 Å². The van der Waals surface area contributed by atoms with E-state index in [-0.39, 0.29) is 42.0 Å². The molecule has 2 aromatic rings. The second-order valence-electron chi connectivity index (χ2n) is 6.94. The molecule has 160 valence electrons. The first kappa shape index (κ1) is 21.3. The monoisotopic (exact) mass is 421 g/mol. The summed E-state index contributed by atoms with van der Waals surface area (Å²) >= 11 is 0. The van der Waals surface area contributed by atoms with Gasteiger partial charge in [0, 0.05) is 38.1 Å². The van der Waals surface area contributed by atoms with E-state index >= 15 is 0 Å². The molecule has 0 radical (unpaired) electrons. The minimum atomic E-state index is -3.21. The van der Waals surface area contributed by atoms with Crippen LogP contribution in [0.4, 0.5) is 26.1 Å². The molecule has 3 rings (SSSR count). The number of hydrogen-bond donors (Lipinski definition) is 2. The van der Waals surface area contributed by atoms with Gasteiger partial charge in [-0.1, -0.05) is 0 Å². The molecule has 1 amide bonds. The van der Waals surface area contributed by atoms with E-state index in [4.69, 9.17) is 9.47 Å². The normalized spacial score (nSPS) is 16.2. The van der Waals surface area contributed by atoms with E-state index in [1.165, 1.54) is 25.3 Å². The molecule has 0 aromatic carbocycles. The maximum atomic E-state index is 13.7. The second-order valence-corrected chi connectivity index (χ2v) is 6.94. The predicted octanol–water partition coefficient (Wildman–Crippen LogP) is 3.08. The molecule has 1 aliphatic rings. The number of carbonyl (C=O) groups excluding carboxylic acids is 2. The third-order valence-corrected chi connectivity index (χ3v) is 4.07. The third-order valence-electron chi connectivity index (χ3n) is 4.07. The average molecular weight is 421 g/mol. The molecule has 11 heteroatoms. The lowest BCUT2D eigenvalue weighted by molar-refractivity contribution is -0.142. The highest BCUT2D eigenvalue weighted by Gasteiger charge is 2.29. The molecule has 0 bridgehead atoms. The number of carbonyl (C=O) groups is 2. The summed E-state index contributed by atoms with van der Waals surface area (Å²) in [5.74, 6) is -3.83. The number of aryl methyl sites for hydroxylation is 1. The summed E-state index contributed by atoms with van der Waals surface area (Å²) in [5.41, 5.74) is 0.682. The quantitative estimate of drug-likeness (QED) is 0.656. The van der Waals surface area contributed by atoms with Crippen LogP contribution in [0, 0.1) is 6.92 Å². The number of esters is 1. The number of nitrogens with zero attached hydrogens (tertiary/aromatic N) is 3. The van der Waals surface area contributed by atoms with E-state index < -0.39 is 11.7 Å². The number of hydrogen-bond acceptors (Lipinski definition) is 8. The smallest absolute Gasteiger partial charge is 0.306 e. The van der Waals surface area contributed by atoms with Crippen molar-refractivity contribution in [2.75, 3.05) is 17.2 Å². The Hall–Kier alpha value is -3.37. The Kier molecular flexibility index (Phi) is 6.09. The van der Waals surface area contributed by atoms with Gasteiger partial charge >= 0.3 is 11.9 Å². The van der Waals surface area contributed by atoms with Crippen molar-refractivity contribution in [3.63, 3.8) is 0 Å². The highest BCUT2D eigenvalue weighted by Crippen LogP contribution is 2.31. The fraction of sp³-hybridized carbons (Fsp3) is 0.421. The zero-order valence-corrected chi connectivity index (χ0v) is 16.7. The SMILES string of the molecule is CC(=O)Nc1cc(Nc2cc(C)nc(C(C)(F)F)n2)c(OC[C@H]2CCC(=O)O2)cn1. The molecule has 2 N–H and O–H groups in total. The zero-order valence-electron chi connectivity index (χ0n) is 16.7. The van der Waals surface area contributed by atoms with Crippen molar-refractivity contribution < 1.29 is 27.8 Å². The number of anilines is 3. The summed E-state index contributed by atoms with van der Waals surface area (Å²) in [5, 5.41) is 5.46. The van der Waals surface area contributed by atoms with Gasteiger partial charge in [0.05, 0.1) is 11.9 Å². The van der Waals surface area contributed by atoms with Crippen LogP contribution >= 0.6 is 0 Å². The number of alkyl halides is 2. The van der Waals surface area contributed by atoms with E-state index in [9.17, 15) is 18.4 Å². The molecule has 2 aromatic heterocycles. The Morgan fingerprint density at radius 3 is 2.73 bits per heavy atom. The first-order chi connectivity index (χ1) is 14.1. The molecular weight excluding hydrogens is 400 g/mol. The summed E-state index contributed by atoms with van der Waals surface area (Å²) in [7, 11) is 0. The Morgan fingerprint density at radius 1 is 1.33 bits per heavy atom. The molecule has 0 aliphatic carbocycles. The molecule has 0 saturated carbocycles. The molecule has 1 atom stereocenters. The van der Waals surface area contributed by atoms with Gasteiger partial charge in [-0.25, -0.2) is 15.0 Å². The lowest BCUT2D eigenvalue weighted by Crippen LogP contribution is -2.18. The number of amides is 1. The molecule has 30 heavy (non-hydrogen) atoms. The maximum Gasteiger partial charge on any atom is 0.306 e. The lowest BCUT2D eigenvalue weighted by atomic mass is 10.2. The first-order valence-corrected chi connectivity index (χ1v) is 9.21. The van der Waals surface area contributed by atoms with Crippen LogP contribution in [0.3, 0.4) is 0 Å². The second kappa shape index (κ2) is 8.56. The number of rotatable bonds is 7. The number of halogens is 2. The van der Waals surface area contributed by atoms with Crippen molar-refractivity contribution in [2.45, 2.75) is 45.6 Å². The van der Waals surface area contributed by atoms with Gasteiger partial charge in [0.15, 0.2) is 5.75 Å². The van der Waals surface area contributed by atoms with Crippen molar-refractivity contribution in [1.29, 1.82) is 0 Å². The summed E-state index contributed by atoms with van der Waals surface area (Å²) in [4.78, 5) is 34.3. The molecule has 1 saturated heterocycles. The van der Waals surface area contributed by atoms with Crippen LogP contribution < -0.4 is 15.4 Å². The molecule has 0 unspecified atom stereocenters. The minimum absolute atomic E-state index is 0.0999. The van der Waals surface area contributed by atoms with Gasteiger partial charge in [-0.15, -0.1) is 0 Å². The Morgan fingerprint density at radius 2 is 2.10 bits per heavy atom. The van der Waals surface area contributed by atoms with Gasteiger partial charge in [0.2, 0.25) is 11.7 Å². The van der Waals surface area contributed by atoms with Crippen LogP contribution in [0.25, 0.3) is 0 Å². The summed E-state index contributed by atoms with van der Waals surface area (Å²) < 4.78 is 38.2. The van der Waals surface area contributed by atoms with Crippen LogP contribution in [0.2, 0.25) is 0 Å². The van der Waals surface area contributed by atoms with Gasteiger partial charge in [-0.3, -0.25) is 9.59 Å². The van der Waals surface area contributed by atoms with Crippen molar-refractivity contribution in [3.8, 4) is 5.75 Å². The zero-order chi connectivity index (χ0) is 21.9. The van der Waals surface area contributed by atoms with Crippen LogP contribution in [-0.4, -0.2) is 39.5 Å². The summed E-state index contributed by atoms with van der Waals surface area (Å²) in [6.45, 7) is 3.72. The molecule has 0 spiro atoms. The van der Waals surface area contributed by atoms with E-state index in [1.54, 1.807) is 6.92 Å². The van der Waals surface area contributed by atoms with Crippen molar-refractivity contribution in [3.05, 3.63) is 29.8 Å². The largest absolute Gasteiger partial charge is 0.486 e. The van der Waals surface area contributed by atoms with Crippen molar-refractivity contribution >= 4 is 29.2 Å². The highest BCUT2D eigenvalue weighted by atomic mass is 19.3. The standard InChI is InChI=1S/C19H21F2N5O4/c1-10-6-16(26-18(23-10)19(3,20)21)25-13-7-15(24-11(2)27)22-8-14(13)29-9-12-4-5-17(28)30-12/h6-8,12H,4-5,9H2,1-3H3,(H2,22,23,24,25,26,27)/t12-/m1/s1. The average Bonchev–Trinajstić information content (AvgIpc) is 3.04. The van der Waals surface area contributed by atoms with E-state index in [1.807, 2.05) is 0 Å². The lowest BCUT2D eigenvalue weighted by Gasteiger charge is -2.17. The predicted molar refractivity (Wildman–Crippen MR) is 103 cm³/mol. The fourth-order valence-electron chi connectivity index (χ4n) is 2.75.